The summed E-state index contributed by atoms with van der Waals surface area (Å²) in [7, 11) is 0. The fraction of sp³-hybridized carbons (Fsp3) is 0.632. The number of hydrogen-bond acceptors (Lipinski definition) is 4. The van der Waals surface area contributed by atoms with Crippen molar-refractivity contribution < 1.29 is 9.90 Å². The minimum absolute atomic E-state index is 0.0241. The smallest absolute Gasteiger partial charge is 0.251 e. The number of carbonyl (C=O) groups is 1. The Bertz CT molecular complexity index is 508. The van der Waals surface area contributed by atoms with Gasteiger partial charge in [0.1, 0.15) is 0 Å². The van der Waals surface area contributed by atoms with Gasteiger partial charge in [-0.15, -0.1) is 0 Å². The van der Waals surface area contributed by atoms with Gasteiger partial charge in [-0.05, 0) is 43.1 Å². The number of likely N-dealkylation sites (N-methyl/N-ethyl adjacent to an activating group) is 1. The van der Waals surface area contributed by atoms with Crippen LogP contribution >= 0.6 is 0 Å². The van der Waals surface area contributed by atoms with Crippen LogP contribution in [0.2, 0.25) is 0 Å². The van der Waals surface area contributed by atoms with Crippen molar-refractivity contribution in [2.45, 2.75) is 33.2 Å². The van der Waals surface area contributed by atoms with Crippen molar-refractivity contribution in [2.24, 2.45) is 5.92 Å². The van der Waals surface area contributed by atoms with Crippen LogP contribution in [0.25, 0.3) is 0 Å². The van der Waals surface area contributed by atoms with E-state index in [1.54, 1.807) is 0 Å². The van der Waals surface area contributed by atoms with Crippen molar-refractivity contribution in [2.75, 3.05) is 44.2 Å². The number of rotatable bonds is 7. The molecule has 5 nitrogen and oxygen atoms in total. The van der Waals surface area contributed by atoms with Gasteiger partial charge in [-0.25, -0.2) is 0 Å². The van der Waals surface area contributed by atoms with Crippen LogP contribution in [0.15, 0.2) is 24.3 Å². The van der Waals surface area contributed by atoms with Crippen LogP contribution in [0.3, 0.4) is 0 Å². The zero-order valence-electron chi connectivity index (χ0n) is 15.2. The van der Waals surface area contributed by atoms with E-state index in [0.29, 0.717) is 11.5 Å². The Morgan fingerprint density at radius 2 is 1.79 bits per heavy atom. The lowest BCUT2D eigenvalue weighted by Gasteiger charge is -2.35. The van der Waals surface area contributed by atoms with Crippen LogP contribution in [0.4, 0.5) is 5.69 Å². The van der Waals surface area contributed by atoms with E-state index < -0.39 is 0 Å². The molecule has 24 heavy (non-hydrogen) atoms. The number of hydrogen-bond donors (Lipinski definition) is 2. The van der Waals surface area contributed by atoms with Gasteiger partial charge in [0, 0.05) is 37.4 Å². The van der Waals surface area contributed by atoms with E-state index in [1.807, 2.05) is 24.3 Å². The topological polar surface area (TPSA) is 55.8 Å². The molecule has 0 aliphatic carbocycles. The second-order valence-electron chi connectivity index (χ2n) is 6.95. The molecule has 2 N–H and O–H groups in total. The van der Waals surface area contributed by atoms with Crippen molar-refractivity contribution in [3.63, 3.8) is 0 Å². The molecule has 1 unspecified atom stereocenters. The predicted molar refractivity (Wildman–Crippen MR) is 98.6 cm³/mol. The number of carbonyl (C=O) groups excluding carboxylic acids is 1. The highest BCUT2D eigenvalue weighted by Crippen LogP contribution is 2.17. The SMILES string of the molecule is CCN1CCN(c2ccc(C(=O)NC(CO)CC(C)C)cc2)CC1. The second kappa shape index (κ2) is 9.04. The highest BCUT2D eigenvalue weighted by atomic mass is 16.3. The Balaban J connectivity index is 1.92. The van der Waals surface area contributed by atoms with Crippen molar-refractivity contribution in [1.82, 2.24) is 10.2 Å². The summed E-state index contributed by atoms with van der Waals surface area (Å²) in [5, 5.41) is 12.3. The number of nitrogens with one attached hydrogen (secondary N) is 1. The standard InChI is InChI=1S/C19H31N3O2/c1-4-21-9-11-22(12-10-21)18-7-5-16(6-8-18)19(24)20-17(14-23)13-15(2)3/h5-8,15,17,23H,4,9-14H2,1-3H3,(H,20,24). The molecule has 0 radical (unpaired) electrons. The van der Waals surface area contributed by atoms with Crippen molar-refractivity contribution in [1.29, 1.82) is 0 Å². The van der Waals surface area contributed by atoms with Crippen LogP contribution in [0, 0.1) is 5.92 Å². The van der Waals surface area contributed by atoms with Gasteiger partial charge in [0.2, 0.25) is 0 Å². The van der Waals surface area contributed by atoms with Crippen molar-refractivity contribution >= 4 is 11.6 Å². The number of amides is 1. The van der Waals surface area contributed by atoms with E-state index >= 15 is 0 Å². The van der Waals surface area contributed by atoms with E-state index in [1.165, 1.54) is 5.69 Å². The molecule has 0 spiro atoms. The third-order valence-corrected chi connectivity index (χ3v) is 4.63. The van der Waals surface area contributed by atoms with E-state index in [2.05, 4.69) is 35.9 Å². The predicted octanol–water partition coefficient (Wildman–Crippen LogP) is 1.97. The Kier molecular flexibility index (Phi) is 7.06. The lowest BCUT2D eigenvalue weighted by molar-refractivity contribution is 0.0908. The van der Waals surface area contributed by atoms with E-state index in [0.717, 1.165) is 39.1 Å². The fourth-order valence-corrected chi connectivity index (χ4v) is 3.16. The first-order chi connectivity index (χ1) is 11.5. The molecule has 1 aromatic carbocycles. The first-order valence-electron chi connectivity index (χ1n) is 9.02. The molecule has 1 aromatic rings. The maximum atomic E-state index is 12.3. The lowest BCUT2D eigenvalue weighted by Crippen LogP contribution is -2.46. The average molecular weight is 333 g/mol. The van der Waals surface area contributed by atoms with Gasteiger partial charge in [0.15, 0.2) is 0 Å². The van der Waals surface area contributed by atoms with Crippen molar-refractivity contribution in [3.8, 4) is 0 Å². The Morgan fingerprint density at radius 1 is 1.17 bits per heavy atom. The van der Waals surface area contributed by atoms with Gasteiger partial charge < -0.3 is 20.2 Å². The zero-order valence-corrected chi connectivity index (χ0v) is 15.2. The molecule has 2 rings (SSSR count). The summed E-state index contributed by atoms with van der Waals surface area (Å²) in [6, 6.07) is 7.61. The van der Waals surface area contributed by atoms with Crippen LogP contribution in [0.5, 0.6) is 0 Å². The van der Waals surface area contributed by atoms with E-state index in [4.69, 9.17) is 0 Å². The highest BCUT2D eigenvalue weighted by molar-refractivity contribution is 5.94. The molecule has 0 bridgehead atoms. The lowest BCUT2D eigenvalue weighted by atomic mass is 10.0. The molecular formula is C19H31N3O2. The summed E-state index contributed by atoms with van der Waals surface area (Å²) < 4.78 is 0. The van der Waals surface area contributed by atoms with Gasteiger partial charge in [-0.3, -0.25) is 4.79 Å². The van der Waals surface area contributed by atoms with E-state index in [9.17, 15) is 9.90 Å². The summed E-state index contributed by atoms with van der Waals surface area (Å²) in [6.07, 6.45) is 0.780. The molecule has 1 heterocycles. The molecular weight excluding hydrogens is 302 g/mol. The van der Waals surface area contributed by atoms with Crippen LogP contribution in [-0.2, 0) is 0 Å². The summed E-state index contributed by atoms with van der Waals surface area (Å²) in [5.41, 5.74) is 1.82. The maximum absolute atomic E-state index is 12.3. The normalized spacial score (nSPS) is 17.1. The summed E-state index contributed by atoms with van der Waals surface area (Å²) >= 11 is 0. The molecule has 134 valence electrons. The molecule has 0 aromatic heterocycles. The Labute approximate surface area is 145 Å². The molecule has 1 saturated heterocycles. The number of aliphatic hydroxyl groups excluding tert-OH is 1. The Morgan fingerprint density at radius 3 is 2.29 bits per heavy atom. The van der Waals surface area contributed by atoms with Crippen LogP contribution in [0.1, 0.15) is 37.6 Å². The molecule has 1 atom stereocenters. The molecule has 1 aliphatic rings. The minimum Gasteiger partial charge on any atom is -0.394 e. The van der Waals surface area contributed by atoms with Crippen LogP contribution in [-0.4, -0.2) is 61.3 Å². The van der Waals surface area contributed by atoms with Gasteiger partial charge in [0.25, 0.3) is 5.91 Å². The van der Waals surface area contributed by atoms with Gasteiger partial charge >= 0.3 is 0 Å². The van der Waals surface area contributed by atoms with E-state index in [-0.39, 0.29) is 18.6 Å². The summed E-state index contributed by atoms with van der Waals surface area (Å²) in [6.45, 7) is 11.7. The van der Waals surface area contributed by atoms with Gasteiger partial charge in [-0.1, -0.05) is 20.8 Å². The summed E-state index contributed by atoms with van der Waals surface area (Å²) in [5.74, 6) is 0.323. The van der Waals surface area contributed by atoms with Crippen LogP contribution < -0.4 is 10.2 Å². The molecule has 1 fully saturated rings. The fourth-order valence-electron chi connectivity index (χ4n) is 3.16. The third kappa shape index (κ3) is 5.21. The highest BCUT2D eigenvalue weighted by Gasteiger charge is 2.17. The number of aliphatic hydroxyl groups is 1. The zero-order chi connectivity index (χ0) is 17.5. The first kappa shape index (κ1) is 18.7. The maximum Gasteiger partial charge on any atom is 0.251 e. The molecule has 0 saturated carbocycles. The number of anilines is 1. The molecule has 1 aliphatic heterocycles. The third-order valence-electron chi connectivity index (χ3n) is 4.63. The van der Waals surface area contributed by atoms with Gasteiger partial charge in [-0.2, -0.15) is 0 Å². The number of benzene rings is 1. The average Bonchev–Trinajstić information content (AvgIpc) is 2.61. The number of nitrogens with zero attached hydrogens (tertiary/aromatic N) is 2. The summed E-state index contributed by atoms with van der Waals surface area (Å²) in [4.78, 5) is 17.1. The van der Waals surface area contributed by atoms with Gasteiger partial charge in [0.05, 0.1) is 12.6 Å². The molecule has 1 amide bonds. The first-order valence-corrected chi connectivity index (χ1v) is 9.02. The largest absolute Gasteiger partial charge is 0.394 e. The van der Waals surface area contributed by atoms with Crippen molar-refractivity contribution in [3.05, 3.63) is 29.8 Å². The molecule has 5 heteroatoms. The Hall–Kier alpha value is -1.59. The second-order valence-corrected chi connectivity index (χ2v) is 6.95. The monoisotopic (exact) mass is 333 g/mol. The minimum atomic E-state index is -0.181. The number of piperazine rings is 1. The quantitative estimate of drug-likeness (QED) is 0.801.